The van der Waals surface area contributed by atoms with E-state index in [1.807, 2.05) is 25.1 Å². The molecule has 0 saturated carbocycles. The van der Waals surface area contributed by atoms with E-state index in [0.717, 1.165) is 11.1 Å². The Morgan fingerprint density at radius 1 is 1.10 bits per heavy atom. The Hall–Kier alpha value is -3.35. The number of ether oxygens (including phenoxy) is 3. The van der Waals surface area contributed by atoms with Crippen LogP contribution in [0.3, 0.4) is 0 Å². The van der Waals surface area contributed by atoms with Crippen LogP contribution >= 0.6 is 0 Å². The van der Waals surface area contributed by atoms with Gasteiger partial charge >= 0.3 is 5.97 Å². The van der Waals surface area contributed by atoms with Crippen molar-refractivity contribution in [3.05, 3.63) is 53.1 Å². The Kier molecular flexibility index (Phi) is 7.77. The number of carbonyl (C=O) groups is 2. The van der Waals surface area contributed by atoms with E-state index in [9.17, 15) is 9.59 Å². The van der Waals surface area contributed by atoms with Crippen LogP contribution in [0.5, 0.6) is 17.2 Å². The van der Waals surface area contributed by atoms with Crippen LogP contribution in [0.25, 0.3) is 0 Å². The zero-order valence-corrected chi connectivity index (χ0v) is 17.3. The van der Waals surface area contributed by atoms with Gasteiger partial charge in [-0.05, 0) is 53.8 Å². The summed E-state index contributed by atoms with van der Waals surface area (Å²) in [5, 5.41) is 3.93. The van der Waals surface area contributed by atoms with Crippen molar-refractivity contribution in [1.82, 2.24) is 5.43 Å². The second-order valence-electron chi connectivity index (χ2n) is 6.78. The Morgan fingerprint density at radius 3 is 2.52 bits per heavy atom. The third-order valence-corrected chi connectivity index (χ3v) is 3.99. The van der Waals surface area contributed by atoms with Crippen molar-refractivity contribution in [2.24, 2.45) is 5.10 Å². The molecule has 0 fully saturated rings. The van der Waals surface area contributed by atoms with Crippen LogP contribution < -0.4 is 19.6 Å². The maximum atomic E-state index is 12.0. The van der Waals surface area contributed by atoms with Crippen molar-refractivity contribution < 1.29 is 23.8 Å². The number of esters is 1. The fourth-order valence-corrected chi connectivity index (χ4v) is 2.60. The normalized spacial score (nSPS) is 10.8. The lowest BCUT2D eigenvalue weighted by atomic mass is 10.0. The van der Waals surface area contributed by atoms with E-state index in [-0.39, 0.29) is 18.4 Å². The van der Waals surface area contributed by atoms with Crippen LogP contribution in [0.15, 0.2) is 41.5 Å². The van der Waals surface area contributed by atoms with E-state index in [4.69, 9.17) is 14.2 Å². The molecule has 0 radical (unpaired) electrons. The molecule has 0 bridgehead atoms. The van der Waals surface area contributed by atoms with Gasteiger partial charge in [0.15, 0.2) is 18.1 Å². The lowest BCUT2D eigenvalue weighted by Gasteiger charge is -2.14. The summed E-state index contributed by atoms with van der Waals surface area (Å²) in [6.07, 6.45) is 1.46. The molecule has 7 nitrogen and oxygen atoms in total. The number of hydrazone groups is 1. The molecule has 154 valence electrons. The second-order valence-corrected chi connectivity index (χ2v) is 6.78. The first-order valence-corrected chi connectivity index (χ1v) is 9.22. The molecule has 0 unspecified atom stereocenters. The van der Waals surface area contributed by atoms with E-state index in [0.29, 0.717) is 22.8 Å². The van der Waals surface area contributed by atoms with Crippen LogP contribution in [-0.2, 0) is 9.59 Å². The van der Waals surface area contributed by atoms with Crippen molar-refractivity contribution >= 4 is 18.1 Å². The Morgan fingerprint density at radius 2 is 1.86 bits per heavy atom. The number of benzene rings is 2. The lowest BCUT2D eigenvalue weighted by molar-refractivity contribution is -0.132. The fraction of sp³-hybridized carbons (Fsp3) is 0.318. The molecule has 0 atom stereocenters. The molecule has 2 rings (SSSR count). The quantitative estimate of drug-likeness (QED) is 0.318. The van der Waals surface area contributed by atoms with Gasteiger partial charge in [-0.3, -0.25) is 9.59 Å². The van der Waals surface area contributed by atoms with Crippen LogP contribution in [-0.4, -0.2) is 31.8 Å². The maximum absolute atomic E-state index is 12.0. The molecular weight excluding hydrogens is 372 g/mol. The second kappa shape index (κ2) is 10.3. The predicted octanol–water partition coefficient (Wildman–Crippen LogP) is 3.58. The minimum Gasteiger partial charge on any atom is -0.493 e. The average Bonchev–Trinajstić information content (AvgIpc) is 2.66. The molecule has 1 amide bonds. The summed E-state index contributed by atoms with van der Waals surface area (Å²) in [5.74, 6) is 0.877. The highest BCUT2D eigenvalue weighted by Gasteiger charge is 2.10. The third-order valence-electron chi connectivity index (χ3n) is 3.99. The molecule has 0 aliphatic carbocycles. The SMILES string of the molecule is COc1cc(C=NNC(=O)COc2cc(C)ccc2C(C)C)ccc1OC(C)=O. The maximum Gasteiger partial charge on any atom is 0.308 e. The monoisotopic (exact) mass is 398 g/mol. The Bertz CT molecular complexity index is 906. The van der Waals surface area contributed by atoms with Crippen molar-refractivity contribution in [3.63, 3.8) is 0 Å². The van der Waals surface area contributed by atoms with Gasteiger partial charge in [0.1, 0.15) is 5.75 Å². The van der Waals surface area contributed by atoms with Gasteiger partial charge in [-0.25, -0.2) is 5.43 Å². The van der Waals surface area contributed by atoms with E-state index in [1.54, 1.807) is 18.2 Å². The highest BCUT2D eigenvalue weighted by molar-refractivity contribution is 5.84. The summed E-state index contributed by atoms with van der Waals surface area (Å²) >= 11 is 0. The van der Waals surface area contributed by atoms with Gasteiger partial charge in [-0.1, -0.05) is 26.0 Å². The first-order valence-electron chi connectivity index (χ1n) is 9.22. The van der Waals surface area contributed by atoms with Crippen LogP contribution in [0.2, 0.25) is 0 Å². The number of amides is 1. The van der Waals surface area contributed by atoms with Crippen LogP contribution in [0.4, 0.5) is 0 Å². The molecule has 0 spiro atoms. The number of nitrogens with one attached hydrogen (secondary N) is 1. The van der Waals surface area contributed by atoms with Gasteiger partial charge in [-0.15, -0.1) is 0 Å². The van der Waals surface area contributed by atoms with E-state index in [1.165, 1.54) is 20.2 Å². The number of methoxy groups -OCH3 is 1. The molecule has 0 saturated heterocycles. The number of nitrogens with zero attached hydrogens (tertiary/aromatic N) is 1. The number of aryl methyl sites for hydroxylation is 1. The molecule has 29 heavy (non-hydrogen) atoms. The fourth-order valence-electron chi connectivity index (χ4n) is 2.60. The van der Waals surface area contributed by atoms with Gasteiger partial charge in [0, 0.05) is 6.92 Å². The lowest BCUT2D eigenvalue weighted by Crippen LogP contribution is -2.25. The van der Waals surface area contributed by atoms with Crippen molar-refractivity contribution in [2.45, 2.75) is 33.6 Å². The van der Waals surface area contributed by atoms with Gasteiger partial charge in [0.2, 0.25) is 0 Å². The number of carbonyl (C=O) groups excluding carboxylic acids is 2. The molecule has 0 heterocycles. The first-order chi connectivity index (χ1) is 13.8. The molecular formula is C22H26N2O5. The van der Waals surface area contributed by atoms with Gasteiger partial charge in [0.25, 0.3) is 5.91 Å². The molecule has 2 aromatic carbocycles. The highest BCUT2D eigenvalue weighted by atomic mass is 16.6. The van der Waals surface area contributed by atoms with Crippen LogP contribution in [0, 0.1) is 6.92 Å². The number of hydrogen-bond acceptors (Lipinski definition) is 6. The zero-order valence-electron chi connectivity index (χ0n) is 17.3. The third kappa shape index (κ3) is 6.64. The summed E-state index contributed by atoms with van der Waals surface area (Å²) in [7, 11) is 1.47. The van der Waals surface area contributed by atoms with E-state index >= 15 is 0 Å². The molecule has 2 aromatic rings. The molecule has 0 aromatic heterocycles. The topological polar surface area (TPSA) is 86.2 Å². The minimum atomic E-state index is -0.439. The Labute approximate surface area is 170 Å². The van der Waals surface area contributed by atoms with E-state index < -0.39 is 5.97 Å². The molecule has 0 aliphatic rings. The summed E-state index contributed by atoms with van der Waals surface area (Å²) in [4.78, 5) is 23.1. The number of hydrogen-bond donors (Lipinski definition) is 1. The molecule has 1 N–H and O–H groups in total. The van der Waals surface area contributed by atoms with Crippen molar-refractivity contribution in [1.29, 1.82) is 0 Å². The zero-order chi connectivity index (χ0) is 21.4. The summed E-state index contributed by atoms with van der Waals surface area (Å²) < 4.78 is 15.9. The average molecular weight is 398 g/mol. The number of rotatable bonds is 8. The summed E-state index contributed by atoms with van der Waals surface area (Å²) in [6, 6.07) is 10.9. The molecule has 0 aliphatic heterocycles. The minimum absolute atomic E-state index is 0.144. The molecule has 7 heteroatoms. The van der Waals surface area contributed by atoms with Crippen molar-refractivity contribution in [2.75, 3.05) is 13.7 Å². The summed E-state index contributed by atoms with van der Waals surface area (Å²) in [5.41, 5.74) is 5.21. The standard InChI is InChI=1S/C22H26N2O5/c1-14(2)18-8-6-15(3)10-20(18)28-13-22(26)24-23-12-17-7-9-19(29-16(4)25)21(11-17)27-5/h6-12,14H,13H2,1-5H3,(H,24,26). The van der Waals surface area contributed by atoms with Gasteiger partial charge in [0.05, 0.1) is 13.3 Å². The van der Waals surface area contributed by atoms with Gasteiger partial charge < -0.3 is 14.2 Å². The predicted molar refractivity (Wildman–Crippen MR) is 111 cm³/mol. The first kappa shape index (κ1) is 21.9. The van der Waals surface area contributed by atoms with Gasteiger partial charge in [-0.2, -0.15) is 5.10 Å². The van der Waals surface area contributed by atoms with Crippen LogP contribution in [0.1, 0.15) is 43.4 Å². The van der Waals surface area contributed by atoms with Crippen molar-refractivity contribution in [3.8, 4) is 17.2 Å². The van der Waals surface area contributed by atoms with E-state index in [2.05, 4.69) is 24.4 Å². The largest absolute Gasteiger partial charge is 0.493 e. The Balaban J connectivity index is 1.95. The highest BCUT2D eigenvalue weighted by Crippen LogP contribution is 2.28. The summed E-state index contributed by atoms with van der Waals surface area (Å²) in [6.45, 7) is 7.29. The smallest absolute Gasteiger partial charge is 0.308 e.